The lowest BCUT2D eigenvalue weighted by Gasteiger charge is -2.20. The van der Waals surface area contributed by atoms with Crippen LogP contribution < -0.4 is 10.6 Å². The first-order valence-electron chi connectivity index (χ1n) is 6.52. The Balaban J connectivity index is 1.89. The van der Waals surface area contributed by atoms with Crippen molar-refractivity contribution in [2.45, 2.75) is 38.3 Å². The summed E-state index contributed by atoms with van der Waals surface area (Å²) in [5.74, 6) is 0. The molecule has 1 aromatic rings. The van der Waals surface area contributed by atoms with E-state index < -0.39 is 0 Å². The zero-order chi connectivity index (χ0) is 12.1. The molecule has 1 aliphatic rings. The standard InChI is InChI=1S/C14H21ClN2/c1-2-14(11-5-7-12(15)8-6-11)17-10-13-4-3-9-16-13/h5-8,13-14,16-17H,2-4,9-10H2,1H3. The van der Waals surface area contributed by atoms with Crippen LogP contribution in [0.5, 0.6) is 0 Å². The van der Waals surface area contributed by atoms with E-state index in [4.69, 9.17) is 11.6 Å². The molecule has 0 bridgehead atoms. The fourth-order valence-electron chi connectivity index (χ4n) is 2.41. The Morgan fingerprint density at radius 2 is 2.18 bits per heavy atom. The third-order valence-electron chi connectivity index (χ3n) is 3.45. The summed E-state index contributed by atoms with van der Waals surface area (Å²) < 4.78 is 0. The molecule has 1 aliphatic heterocycles. The van der Waals surface area contributed by atoms with E-state index in [1.165, 1.54) is 24.9 Å². The topological polar surface area (TPSA) is 24.1 Å². The first kappa shape index (κ1) is 12.9. The summed E-state index contributed by atoms with van der Waals surface area (Å²) in [5.41, 5.74) is 1.33. The predicted octanol–water partition coefficient (Wildman–Crippen LogP) is 3.13. The third-order valence-corrected chi connectivity index (χ3v) is 3.71. The molecule has 0 radical (unpaired) electrons. The molecule has 94 valence electrons. The number of hydrogen-bond acceptors (Lipinski definition) is 2. The van der Waals surface area contributed by atoms with Crippen molar-refractivity contribution < 1.29 is 0 Å². The van der Waals surface area contributed by atoms with Gasteiger partial charge in [0.25, 0.3) is 0 Å². The molecule has 2 atom stereocenters. The van der Waals surface area contributed by atoms with Crippen LogP contribution in [0.2, 0.25) is 5.02 Å². The SMILES string of the molecule is CCC(NCC1CCCN1)c1ccc(Cl)cc1. The number of hydrogen-bond donors (Lipinski definition) is 2. The average molecular weight is 253 g/mol. The minimum absolute atomic E-state index is 0.440. The molecular formula is C14H21ClN2. The van der Waals surface area contributed by atoms with E-state index in [1.54, 1.807) is 0 Å². The minimum Gasteiger partial charge on any atom is -0.313 e. The van der Waals surface area contributed by atoms with Gasteiger partial charge in [0.1, 0.15) is 0 Å². The van der Waals surface area contributed by atoms with Crippen LogP contribution in [0, 0.1) is 0 Å². The maximum Gasteiger partial charge on any atom is 0.0406 e. The molecule has 0 spiro atoms. The molecule has 2 unspecified atom stereocenters. The van der Waals surface area contributed by atoms with Crippen LogP contribution in [0.4, 0.5) is 0 Å². The van der Waals surface area contributed by atoms with Crippen LogP contribution in [-0.2, 0) is 0 Å². The Kier molecular flexibility index (Phi) is 4.84. The molecule has 17 heavy (non-hydrogen) atoms. The van der Waals surface area contributed by atoms with Crippen molar-refractivity contribution in [2.24, 2.45) is 0 Å². The first-order valence-corrected chi connectivity index (χ1v) is 6.89. The third kappa shape index (κ3) is 3.70. The minimum atomic E-state index is 0.440. The largest absolute Gasteiger partial charge is 0.313 e. The van der Waals surface area contributed by atoms with Crippen molar-refractivity contribution in [2.75, 3.05) is 13.1 Å². The lowest BCUT2D eigenvalue weighted by Crippen LogP contribution is -2.35. The fraction of sp³-hybridized carbons (Fsp3) is 0.571. The summed E-state index contributed by atoms with van der Waals surface area (Å²) in [6, 6.07) is 9.26. The van der Waals surface area contributed by atoms with Gasteiger partial charge >= 0.3 is 0 Å². The number of halogens is 1. The Hall–Kier alpha value is -0.570. The maximum atomic E-state index is 5.91. The van der Waals surface area contributed by atoms with E-state index in [0.717, 1.165) is 18.0 Å². The predicted molar refractivity (Wildman–Crippen MR) is 73.5 cm³/mol. The van der Waals surface area contributed by atoms with E-state index in [0.29, 0.717) is 12.1 Å². The quantitative estimate of drug-likeness (QED) is 0.841. The van der Waals surface area contributed by atoms with Crippen molar-refractivity contribution in [1.29, 1.82) is 0 Å². The van der Waals surface area contributed by atoms with Crippen LogP contribution in [0.15, 0.2) is 24.3 Å². The van der Waals surface area contributed by atoms with Crippen molar-refractivity contribution in [3.05, 3.63) is 34.9 Å². The van der Waals surface area contributed by atoms with Crippen molar-refractivity contribution in [1.82, 2.24) is 10.6 Å². The molecule has 2 rings (SSSR count). The van der Waals surface area contributed by atoms with Crippen LogP contribution in [0.1, 0.15) is 37.8 Å². The molecule has 0 aliphatic carbocycles. The van der Waals surface area contributed by atoms with Crippen molar-refractivity contribution in [3.63, 3.8) is 0 Å². The van der Waals surface area contributed by atoms with E-state index in [9.17, 15) is 0 Å². The van der Waals surface area contributed by atoms with Gasteiger partial charge in [0.2, 0.25) is 0 Å². The molecule has 1 aromatic carbocycles. The smallest absolute Gasteiger partial charge is 0.0406 e. The molecule has 3 heteroatoms. The summed E-state index contributed by atoms with van der Waals surface area (Å²) in [7, 11) is 0. The molecule has 1 saturated heterocycles. The zero-order valence-electron chi connectivity index (χ0n) is 10.4. The van der Waals surface area contributed by atoms with Gasteiger partial charge < -0.3 is 10.6 Å². The second-order valence-electron chi connectivity index (χ2n) is 4.71. The highest BCUT2D eigenvalue weighted by atomic mass is 35.5. The second-order valence-corrected chi connectivity index (χ2v) is 5.15. The molecule has 0 saturated carbocycles. The lowest BCUT2D eigenvalue weighted by atomic mass is 10.0. The fourth-order valence-corrected chi connectivity index (χ4v) is 2.53. The zero-order valence-corrected chi connectivity index (χ0v) is 11.1. The summed E-state index contributed by atoms with van der Waals surface area (Å²) in [5, 5.41) is 7.96. The van der Waals surface area contributed by atoms with Crippen LogP contribution in [0.3, 0.4) is 0 Å². The molecule has 0 aromatic heterocycles. The summed E-state index contributed by atoms with van der Waals surface area (Å²) in [4.78, 5) is 0. The van der Waals surface area contributed by atoms with E-state index >= 15 is 0 Å². The number of rotatable bonds is 5. The lowest BCUT2D eigenvalue weighted by molar-refractivity contribution is 0.462. The van der Waals surface area contributed by atoms with E-state index in [-0.39, 0.29) is 0 Å². The summed E-state index contributed by atoms with van der Waals surface area (Å²) >= 11 is 5.91. The van der Waals surface area contributed by atoms with Crippen LogP contribution in [-0.4, -0.2) is 19.1 Å². The molecular weight excluding hydrogens is 232 g/mol. The van der Waals surface area contributed by atoms with Gasteiger partial charge in [0.15, 0.2) is 0 Å². The van der Waals surface area contributed by atoms with Gasteiger partial charge in [-0.1, -0.05) is 30.7 Å². The Morgan fingerprint density at radius 1 is 1.41 bits per heavy atom. The van der Waals surface area contributed by atoms with Crippen LogP contribution in [0.25, 0.3) is 0 Å². The summed E-state index contributed by atoms with van der Waals surface area (Å²) in [6.45, 7) is 4.44. The maximum absolute atomic E-state index is 5.91. The van der Waals surface area contributed by atoms with E-state index in [2.05, 4.69) is 29.7 Å². The molecule has 2 nitrogen and oxygen atoms in total. The Bertz CT molecular complexity index is 331. The van der Waals surface area contributed by atoms with Gasteiger partial charge in [-0.2, -0.15) is 0 Å². The second kappa shape index (κ2) is 6.39. The summed E-state index contributed by atoms with van der Waals surface area (Å²) in [6.07, 6.45) is 3.71. The Morgan fingerprint density at radius 3 is 2.76 bits per heavy atom. The number of nitrogens with one attached hydrogen (secondary N) is 2. The van der Waals surface area contributed by atoms with Gasteiger partial charge in [-0.25, -0.2) is 0 Å². The molecule has 0 amide bonds. The van der Waals surface area contributed by atoms with Gasteiger partial charge in [0, 0.05) is 23.7 Å². The Labute approximate surface area is 109 Å². The first-order chi connectivity index (χ1) is 8.29. The van der Waals surface area contributed by atoms with Gasteiger partial charge in [-0.15, -0.1) is 0 Å². The van der Waals surface area contributed by atoms with Gasteiger partial charge in [0.05, 0.1) is 0 Å². The van der Waals surface area contributed by atoms with E-state index in [1.807, 2.05) is 12.1 Å². The van der Waals surface area contributed by atoms with Crippen molar-refractivity contribution >= 4 is 11.6 Å². The highest BCUT2D eigenvalue weighted by Crippen LogP contribution is 2.19. The average Bonchev–Trinajstić information content (AvgIpc) is 2.85. The number of benzene rings is 1. The van der Waals surface area contributed by atoms with Crippen LogP contribution >= 0.6 is 11.6 Å². The van der Waals surface area contributed by atoms with Gasteiger partial charge in [-0.05, 0) is 43.5 Å². The highest BCUT2D eigenvalue weighted by molar-refractivity contribution is 6.30. The van der Waals surface area contributed by atoms with Gasteiger partial charge in [-0.3, -0.25) is 0 Å². The van der Waals surface area contributed by atoms with Crippen molar-refractivity contribution in [3.8, 4) is 0 Å². The molecule has 1 heterocycles. The highest BCUT2D eigenvalue weighted by Gasteiger charge is 2.16. The molecule has 2 N–H and O–H groups in total. The monoisotopic (exact) mass is 252 g/mol. The molecule has 1 fully saturated rings. The normalized spacial score (nSPS) is 21.6.